The van der Waals surface area contributed by atoms with Crippen LogP contribution in [0, 0.1) is 11.3 Å². The van der Waals surface area contributed by atoms with Gasteiger partial charge in [0.15, 0.2) is 0 Å². The summed E-state index contributed by atoms with van der Waals surface area (Å²) in [5.41, 5.74) is 1.30. The van der Waals surface area contributed by atoms with E-state index in [0.717, 1.165) is 5.69 Å². The van der Waals surface area contributed by atoms with E-state index in [0.29, 0.717) is 34.6 Å². The minimum atomic E-state index is -0.631. The van der Waals surface area contributed by atoms with Gasteiger partial charge in [-0.3, -0.25) is 4.79 Å². The molecular formula is C22H26ClN3O3. The number of benzene rings is 2. The summed E-state index contributed by atoms with van der Waals surface area (Å²) in [6, 6.07) is 11.8. The minimum Gasteiger partial charge on any atom is -0.490 e. The molecule has 0 atom stereocenters. The van der Waals surface area contributed by atoms with Crippen LogP contribution in [0.5, 0.6) is 5.75 Å². The minimum absolute atomic E-state index is 0.0335. The highest BCUT2D eigenvalue weighted by molar-refractivity contribution is 6.30. The molecule has 0 saturated heterocycles. The quantitative estimate of drug-likeness (QED) is 0.703. The van der Waals surface area contributed by atoms with Gasteiger partial charge in [-0.15, -0.1) is 0 Å². The van der Waals surface area contributed by atoms with E-state index < -0.39 is 5.41 Å². The highest BCUT2D eigenvalue weighted by Crippen LogP contribution is 2.38. The van der Waals surface area contributed by atoms with Gasteiger partial charge < -0.3 is 20.3 Å². The van der Waals surface area contributed by atoms with Crippen LogP contribution in [0.4, 0.5) is 21.9 Å². The Morgan fingerprint density at radius 1 is 1.14 bits per heavy atom. The number of ether oxygens (including phenoxy) is 1. The maximum Gasteiger partial charge on any atom is 0.323 e. The second-order valence-corrected chi connectivity index (χ2v) is 8.69. The Bertz CT molecular complexity index is 910. The van der Waals surface area contributed by atoms with E-state index in [2.05, 4.69) is 24.5 Å². The summed E-state index contributed by atoms with van der Waals surface area (Å²) < 4.78 is 5.95. The molecule has 6 nitrogen and oxygen atoms in total. The number of hydrogen-bond donors (Lipinski definition) is 2. The monoisotopic (exact) mass is 415 g/mol. The number of carbonyl (C=O) groups excluding carboxylic acids is 2. The Labute approximate surface area is 176 Å². The number of halogens is 1. The van der Waals surface area contributed by atoms with Crippen molar-refractivity contribution in [3.63, 3.8) is 0 Å². The number of rotatable bonds is 4. The van der Waals surface area contributed by atoms with Crippen molar-refractivity contribution in [2.45, 2.75) is 27.7 Å². The fraction of sp³-hybridized carbons (Fsp3) is 0.364. The molecule has 1 aliphatic heterocycles. The van der Waals surface area contributed by atoms with Crippen molar-refractivity contribution in [1.82, 2.24) is 0 Å². The summed E-state index contributed by atoms with van der Waals surface area (Å²) in [6.45, 7) is 8.78. The van der Waals surface area contributed by atoms with Crippen molar-refractivity contribution in [3.8, 4) is 5.75 Å². The maximum atomic E-state index is 13.0. The molecule has 0 bridgehead atoms. The van der Waals surface area contributed by atoms with Gasteiger partial charge in [0.25, 0.3) is 0 Å². The first-order valence-corrected chi connectivity index (χ1v) is 9.96. The Morgan fingerprint density at radius 2 is 1.76 bits per heavy atom. The first kappa shape index (κ1) is 21.0. The highest BCUT2D eigenvalue weighted by Gasteiger charge is 2.38. The lowest BCUT2D eigenvalue weighted by molar-refractivity contribution is -0.127. The van der Waals surface area contributed by atoms with E-state index in [4.69, 9.17) is 16.3 Å². The average molecular weight is 416 g/mol. The van der Waals surface area contributed by atoms with E-state index in [1.54, 1.807) is 41.3 Å². The van der Waals surface area contributed by atoms with Gasteiger partial charge in [0.1, 0.15) is 12.4 Å². The number of amides is 3. The Hall–Kier alpha value is -2.73. The number of hydrogen-bond acceptors (Lipinski definition) is 3. The summed E-state index contributed by atoms with van der Waals surface area (Å²) in [5.74, 6) is 0.920. The van der Waals surface area contributed by atoms with Crippen LogP contribution >= 0.6 is 11.6 Å². The molecule has 3 rings (SSSR count). The number of urea groups is 1. The molecule has 2 aromatic rings. The van der Waals surface area contributed by atoms with Crippen LogP contribution in [0.3, 0.4) is 0 Å². The second kappa shape index (κ2) is 8.33. The summed E-state index contributed by atoms with van der Waals surface area (Å²) in [7, 11) is 0. The predicted molar refractivity (Wildman–Crippen MR) is 117 cm³/mol. The van der Waals surface area contributed by atoms with Crippen molar-refractivity contribution in [3.05, 3.63) is 47.5 Å². The fourth-order valence-corrected chi connectivity index (χ4v) is 3.22. The van der Waals surface area contributed by atoms with Crippen LogP contribution in [0.2, 0.25) is 5.02 Å². The summed E-state index contributed by atoms with van der Waals surface area (Å²) in [5, 5.41) is 6.15. The lowest BCUT2D eigenvalue weighted by Crippen LogP contribution is -2.43. The molecular weight excluding hydrogens is 390 g/mol. The van der Waals surface area contributed by atoms with Gasteiger partial charge in [-0.05, 0) is 56.2 Å². The lowest BCUT2D eigenvalue weighted by atomic mass is 9.92. The zero-order valence-corrected chi connectivity index (χ0v) is 17.8. The normalized spacial score (nSPS) is 15.4. The van der Waals surface area contributed by atoms with Crippen LogP contribution in [0.25, 0.3) is 0 Å². The van der Waals surface area contributed by atoms with E-state index in [9.17, 15) is 9.59 Å². The van der Waals surface area contributed by atoms with Gasteiger partial charge in [0.2, 0.25) is 5.91 Å². The molecule has 0 spiro atoms. The Balaban J connectivity index is 1.80. The molecule has 0 aliphatic carbocycles. The van der Waals surface area contributed by atoms with Crippen LogP contribution in [0.15, 0.2) is 42.5 Å². The Morgan fingerprint density at radius 3 is 2.41 bits per heavy atom. The van der Waals surface area contributed by atoms with Crippen molar-refractivity contribution < 1.29 is 14.3 Å². The molecule has 3 amide bonds. The molecule has 0 aromatic heterocycles. The number of fused-ring (bicyclic) bond motifs is 1. The molecule has 2 aromatic carbocycles. The standard InChI is InChI=1S/C22H26ClN3O3/c1-14(2)12-26-18-10-9-17(11-19(18)29-13-22(3,4)20(26)27)25-21(28)24-16-7-5-15(23)6-8-16/h5-11,14H,12-13H2,1-4H3,(H2,24,25,28). The molecule has 1 heterocycles. The predicted octanol–water partition coefficient (Wildman–Crippen LogP) is 5.39. The van der Waals surface area contributed by atoms with Gasteiger partial charge in [0, 0.05) is 29.0 Å². The first-order valence-electron chi connectivity index (χ1n) is 9.58. The van der Waals surface area contributed by atoms with Gasteiger partial charge in [-0.1, -0.05) is 25.4 Å². The molecule has 0 fully saturated rings. The molecule has 1 aliphatic rings. The van der Waals surface area contributed by atoms with Crippen molar-refractivity contribution >= 4 is 40.6 Å². The van der Waals surface area contributed by atoms with Gasteiger partial charge in [-0.25, -0.2) is 4.79 Å². The SMILES string of the molecule is CC(C)CN1C(=O)C(C)(C)COc2cc(NC(=O)Nc3ccc(Cl)cc3)ccc21. The summed E-state index contributed by atoms with van der Waals surface area (Å²) in [4.78, 5) is 27.1. The summed E-state index contributed by atoms with van der Waals surface area (Å²) in [6.07, 6.45) is 0. The van der Waals surface area contributed by atoms with Crippen LogP contribution < -0.4 is 20.3 Å². The van der Waals surface area contributed by atoms with Gasteiger partial charge in [0.05, 0.1) is 11.1 Å². The van der Waals surface area contributed by atoms with E-state index in [1.165, 1.54) is 0 Å². The zero-order valence-electron chi connectivity index (χ0n) is 17.1. The topological polar surface area (TPSA) is 70.7 Å². The third kappa shape index (κ3) is 5.01. The van der Waals surface area contributed by atoms with Crippen LogP contribution in [-0.4, -0.2) is 25.1 Å². The molecule has 7 heteroatoms. The van der Waals surface area contributed by atoms with Gasteiger partial charge in [-0.2, -0.15) is 0 Å². The number of nitrogens with zero attached hydrogens (tertiary/aromatic N) is 1. The van der Waals surface area contributed by atoms with Crippen molar-refractivity contribution in [2.75, 3.05) is 28.7 Å². The first-order chi connectivity index (χ1) is 13.7. The van der Waals surface area contributed by atoms with Crippen molar-refractivity contribution in [1.29, 1.82) is 0 Å². The van der Waals surface area contributed by atoms with E-state index in [1.807, 2.05) is 19.9 Å². The van der Waals surface area contributed by atoms with E-state index in [-0.39, 0.29) is 18.5 Å². The third-order valence-corrected chi connectivity index (χ3v) is 4.82. The molecule has 0 saturated carbocycles. The molecule has 2 N–H and O–H groups in total. The van der Waals surface area contributed by atoms with Crippen LogP contribution in [-0.2, 0) is 4.79 Å². The third-order valence-electron chi connectivity index (χ3n) is 4.57. The molecule has 154 valence electrons. The largest absolute Gasteiger partial charge is 0.490 e. The number of anilines is 3. The fourth-order valence-electron chi connectivity index (χ4n) is 3.10. The average Bonchev–Trinajstić information content (AvgIpc) is 2.74. The Kier molecular flexibility index (Phi) is 6.03. The molecule has 29 heavy (non-hydrogen) atoms. The number of nitrogens with one attached hydrogen (secondary N) is 2. The van der Waals surface area contributed by atoms with E-state index >= 15 is 0 Å². The second-order valence-electron chi connectivity index (χ2n) is 8.25. The zero-order chi connectivity index (χ0) is 21.2. The maximum absolute atomic E-state index is 13.0. The van der Waals surface area contributed by atoms with Crippen LogP contribution in [0.1, 0.15) is 27.7 Å². The van der Waals surface area contributed by atoms with Crippen molar-refractivity contribution in [2.24, 2.45) is 11.3 Å². The highest BCUT2D eigenvalue weighted by atomic mass is 35.5. The molecule has 0 unspecified atom stereocenters. The molecule has 0 radical (unpaired) electrons. The number of carbonyl (C=O) groups is 2. The lowest BCUT2D eigenvalue weighted by Gasteiger charge is -2.29. The smallest absolute Gasteiger partial charge is 0.323 e. The van der Waals surface area contributed by atoms with Gasteiger partial charge >= 0.3 is 6.03 Å². The summed E-state index contributed by atoms with van der Waals surface area (Å²) >= 11 is 5.86.